The lowest BCUT2D eigenvalue weighted by atomic mass is 9.80. The van der Waals surface area contributed by atoms with Crippen LogP contribution in [0.2, 0.25) is 0 Å². The number of carboxylic acids is 1. The molecule has 20 heavy (non-hydrogen) atoms. The summed E-state index contributed by atoms with van der Waals surface area (Å²) in [6.07, 6.45) is 6.43. The minimum atomic E-state index is -1.00. The van der Waals surface area contributed by atoms with E-state index >= 15 is 0 Å². The highest BCUT2D eigenvalue weighted by Crippen LogP contribution is 2.39. The molecule has 1 aliphatic carbocycles. The van der Waals surface area contributed by atoms with E-state index in [1.165, 1.54) is 31.7 Å². The number of carbonyl (C=O) groups is 1. The smallest absolute Gasteiger partial charge is 0.328 e. The summed E-state index contributed by atoms with van der Waals surface area (Å²) in [6.45, 7) is 0. The van der Waals surface area contributed by atoms with E-state index in [1.54, 1.807) is 6.07 Å². The van der Waals surface area contributed by atoms with E-state index in [0.29, 0.717) is 16.9 Å². The van der Waals surface area contributed by atoms with Crippen LogP contribution in [-0.4, -0.2) is 18.2 Å². The molecular weight excluding hydrogens is 259 g/mol. The van der Waals surface area contributed by atoms with Crippen LogP contribution >= 0.6 is 0 Å². The van der Waals surface area contributed by atoms with Crippen molar-refractivity contribution in [1.82, 2.24) is 0 Å². The fourth-order valence-electron chi connectivity index (χ4n) is 2.87. The van der Waals surface area contributed by atoms with Crippen LogP contribution in [0.15, 0.2) is 24.3 Å². The van der Waals surface area contributed by atoms with Crippen LogP contribution < -0.4 is 4.74 Å². The SMILES string of the molecule is COc1ccc(F)cc1/C(=C/C(=O)O)C1CCCCC1. The Kier molecular flexibility index (Phi) is 4.77. The van der Waals surface area contributed by atoms with Gasteiger partial charge in [0.2, 0.25) is 0 Å². The average Bonchev–Trinajstić information content (AvgIpc) is 2.45. The topological polar surface area (TPSA) is 46.5 Å². The number of benzene rings is 1. The van der Waals surface area contributed by atoms with E-state index < -0.39 is 5.97 Å². The van der Waals surface area contributed by atoms with Gasteiger partial charge in [0.1, 0.15) is 11.6 Å². The van der Waals surface area contributed by atoms with Crippen molar-refractivity contribution in [3.05, 3.63) is 35.7 Å². The molecule has 1 fully saturated rings. The zero-order valence-corrected chi connectivity index (χ0v) is 11.6. The third-order valence-corrected chi connectivity index (χ3v) is 3.80. The van der Waals surface area contributed by atoms with Gasteiger partial charge in [-0.05, 0) is 42.5 Å². The van der Waals surface area contributed by atoms with Crippen molar-refractivity contribution in [3.63, 3.8) is 0 Å². The fourth-order valence-corrected chi connectivity index (χ4v) is 2.87. The molecular formula is C16H19FO3. The molecule has 1 aliphatic rings. The van der Waals surface area contributed by atoms with Crippen LogP contribution in [0.1, 0.15) is 37.7 Å². The summed E-state index contributed by atoms with van der Waals surface area (Å²) < 4.78 is 18.8. The summed E-state index contributed by atoms with van der Waals surface area (Å²) >= 11 is 0. The lowest BCUT2D eigenvalue weighted by molar-refractivity contribution is -0.131. The van der Waals surface area contributed by atoms with Crippen molar-refractivity contribution in [1.29, 1.82) is 0 Å². The molecule has 2 rings (SSSR count). The molecule has 0 bridgehead atoms. The summed E-state index contributed by atoms with van der Waals surface area (Å²) in [6, 6.07) is 4.23. The van der Waals surface area contributed by atoms with Gasteiger partial charge in [-0.3, -0.25) is 0 Å². The first-order chi connectivity index (χ1) is 9.61. The summed E-state index contributed by atoms with van der Waals surface area (Å²) in [5.41, 5.74) is 1.23. The van der Waals surface area contributed by atoms with Crippen LogP contribution in [-0.2, 0) is 4.79 Å². The molecule has 0 heterocycles. The number of carboxylic acid groups (broad SMARTS) is 1. The van der Waals surface area contributed by atoms with E-state index in [9.17, 15) is 9.18 Å². The molecule has 1 N–H and O–H groups in total. The Balaban J connectivity index is 2.45. The number of halogens is 1. The first-order valence-corrected chi connectivity index (χ1v) is 6.90. The first kappa shape index (κ1) is 14.6. The predicted octanol–water partition coefficient (Wildman–Crippen LogP) is 3.88. The lowest BCUT2D eigenvalue weighted by Gasteiger charge is -2.25. The third kappa shape index (κ3) is 3.38. The maximum atomic E-state index is 13.5. The molecule has 4 heteroatoms. The van der Waals surface area contributed by atoms with Crippen LogP contribution in [0.5, 0.6) is 5.75 Å². The molecule has 3 nitrogen and oxygen atoms in total. The summed E-state index contributed by atoms with van der Waals surface area (Å²) in [5, 5.41) is 9.10. The van der Waals surface area contributed by atoms with Crippen LogP contribution in [0.25, 0.3) is 5.57 Å². The van der Waals surface area contributed by atoms with Crippen molar-refractivity contribution in [2.75, 3.05) is 7.11 Å². The highest BCUT2D eigenvalue weighted by atomic mass is 19.1. The Labute approximate surface area is 118 Å². The minimum Gasteiger partial charge on any atom is -0.496 e. The summed E-state index contributed by atoms with van der Waals surface area (Å²) in [5.74, 6) is -0.704. The van der Waals surface area contributed by atoms with E-state index in [0.717, 1.165) is 25.7 Å². The predicted molar refractivity (Wildman–Crippen MR) is 75.1 cm³/mol. The molecule has 0 saturated heterocycles. The first-order valence-electron chi connectivity index (χ1n) is 6.90. The number of hydrogen-bond acceptors (Lipinski definition) is 2. The molecule has 0 atom stereocenters. The van der Waals surface area contributed by atoms with E-state index in [2.05, 4.69) is 0 Å². The molecule has 1 aromatic rings. The second-order valence-corrected chi connectivity index (χ2v) is 5.12. The zero-order chi connectivity index (χ0) is 14.5. The number of hydrogen-bond donors (Lipinski definition) is 1. The minimum absolute atomic E-state index is 0.163. The molecule has 108 valence electrons. The van der Waals surface area contributed by atoms with Gasteiger partial charge < -0.3 is 9.84 Å². The van der Waals surface area contributed by atoms with Crippen molar-refractivity contribution in [2.45, 2.75) is 32.1 Å². The highest BCUT2D eigenvalue weighted by molar-refractivity contribution is 5.91. The van der Waals surface area contributed by atoms with Gasteiger partial charge in [0.15, 0.2) is 0 Å². The second-order valence-electron chi connectivity index (χ2n) is 5.12. The molecule has 0 spiro atoms. The Bertz CT molecular complexity index is 516. The summed E-state index contributed by atoms with van der Waals surface area (Å²) in [7, 11) is 1.51. The van der Waals surface area contributed by atoms with Crippen molar-refractivity contribution < 1.29 is 19.0 Å². The van der Waals surface area contributed by atoms with Gasteiger partial charge in [0.05, 0.1) is 7.11 Å². The monoisotopic (exact) mass is 278 g/mol. The third-order valence-electron chi connectivity index (χ3n) is 3.80. The quantitative estimate of drug-likeness (QED) is 0.850. The largest absolute Gasteiger partial charge is 0.496 e. The van der Waals surface area contributed by atoms with E-state index in [4.69, 9.17) is 9.84 Å². The van der Waals surface area contributed by atoms with Gasteiger partial charge >= 0.3 is 5.97 Å². The standard InChI is InChI=1S/C16H19FO3/c1-20-15-8-7-12(17)9-14(15)13(10-16(18)19)11-5-3-2-4-6-11/h7-11H,2-6H2,1H3,(H,18,19)/b13-10+. The number of allylic oxidation sites excluding steroid dienone is 1. The number of methoxy groups -OCH3 is 1. The maximum Gasteiger partial charge on any atom is 0.328 e. The molecule has 0 aliphatic heterocycles. The van der Waals surface area contributed by atoms with Crippen LogP contribution in [0, 0.1) is 11.7 Å². The molecule has 0 aromatic heterocycles. The zero-order valence-electron chi connectivity index (χ0n) is 11.6. The van der Waals surface area contributed by atoms with E-state index in [-0.39, 0.29) is 11.7 Å². The van der Waals surface area contributed by atoms with Crippen molar-refractivity contribution in [2.24, 2.45) is 5.92 Å². The summed E-state index contributed by atoms with van der Waals surface area (Å²) in [4.78, 5) is 11.1. The molecule has 1 saturated carbocycles. The lowest BCUT2D eigenvalue weighted by Crippen LogP contribution is -2.11. The average molecular weight is 278 g/mol. The normalized spacial score (nSPS) is 17.0. The highest BCUT2D eigenvalue weighted by Gasteiger charge is 2.22. The molecule has 0 radical (unpaired) electrons. The molecule has 0 amide bonds. The van der Waals surface area contributed by atoms with Crippen LogP contribution in [0.3, 0.4) is 0 Å². The van der Waals surface area contributed by atoms with Crippen molar-refractivity contribution in [3.8, 4) is 5.75 Å². The number of aliphatic carboxylic acids is 1. The van der Waals surface area contributed by atoms with Gasteiger partial charge in [-0.15, -0.1) is 0 Å². The van der Waals surface area contributed by atoms with Gasteiger partial charge in [-0.25, -0.2) is 9.18 Å². The Morgan fingerprint density at radius 1 is 1.35 bits per heavy atom. The van der Waals surface area contributed by atoms with Gasteiger partial charge in [0.25, 0.3) is 0 Å². The number of rotatable bonds is 4. The number of ether oxygens (including phenoxy) is 1. The maximum absolute atomic E-state index is 13.5. The Hall–Kier alpha value is -1.84. The molecule has 0 unspecified atom stereocenters. The van der Waals surface area contributed by atoms with Gasteiger partial charge in [-0.1, -0.05) is 19.3 Å². The van der Waals surface area contributed by atoms with Gasteiger partial charge in [-0.2, -0.15) is 0 Å². The molecule has 1 aromatic carbocycles. The van der Waals surface area contributed by atoms with Crippen molar-refractivity contribution >= 4 is 11.5 Å². The van der Waals surface area contributed by atoms with Gasteiger partial charge in [0, 0.05) is 11.6 Å². The van der Waals surface area contributed by atoms with Crippen LogP contribution in [0.4, 0.5) is 4.39 Å². The second kappa shape index (κ2) is 6.55. The Morgan fingerprint density at radius 3 is 2.65 bits per heavy atom. The fraction of sp³-hybridized carbons (Fsp3) is 0.438. The Morgan fingerprint density at radius 2 is 2.05 bits per heavy atom. The van der Waals surface area contributed by atoms with E-state index in [1.807, 2.05) is 0 Å².